The number of imide groups is 1. The maximum absolute atomic E-state index is 12.7. The normalized spacial score (nSPS) is 14.9. The van der Waals surface area contributed by atoms with Gasteiger partial charge in [-0.3, -0.25) is 19.3 Å². The van der Waals surface area contributed by atoms with E-state index >= 15 is 0 Å². The molecule has 19 heavy (non-hydrogen) atoms. The molecule has 0 atom stereocenters. The summed E-state index contributed by atoms with van der Waals surface area (Å²) in [5.41, 5.74) is 0.329. The lowest BCUT2D eigenvalue weighted by molar-refractivity contribution is -0.124. The molecule has 1 aliphatic heterocycles. The summed E-state index contributed by atoms with van der Waals surface area (Å²) in [5, 5.41) is 2.28. The summed E-state index contributed by atoms with van der Waals surface area (Å²) in [7, 11) is 0. The zero-order chi connectivity index (χ0) is 13.8. The van der Waals surface area contributed by atoms with Crippen LogP contribution in [0.3, 0.4) is 0 Å². The molecule has 7 heteroatoms. The van der Waals surface area contributed by atoms with Gasteiger partial charge in [0.2, 0.25) is 5.91 Å². The van der Waals surface area contributed by atoms with Gasteiger partial charge in [0.15, 0.2) is 0 Å². The fraction of sp³-hybridized carbons (Fsp3) is 0.250. The SMILES string of the molecule is O=C(NCCN1C(=O)CSC1=O)c1ccc(F)cc1. The summed E-state index contributed by atoms with van der Waals surface area (Å²) in [6.07, 6.45) is 0. The van der Waals surface area contributed by atoms with Crippen LogP contribution >= 0.6 is 11.8 Å². The fourth-order valence-corrected chi connectivity index (χ4v) is 2.33. The van der Waals surface area contributed by atoms with Crippen LogP contribution < -0.4 is 5.32 Å². The molecule has 3 amide bonds. The number of halogens is 1. The Morgan fingerprint density at radius 1 is 1.32 bits per heavy atom. The third-order valence-electron chi connectivity index (χ3n) is 2.57. The molecular formula is C12H11FN2O3S. The summed E-state index contributed by atoms with van der Waals surface area (Å²) in [6.45, 7) is 0.325. The lowest BCUT2D eigenvalue weighted by atomic mass is 10.2. The minimum atomic E-state index is -0.415. The zero-order valence-corrected chi connectivity index (χ0v) is 10.7. The molecule has 1 saturated heterocycles. The molecule has 0 saturated carbocycles. The fourth-order valence-electron chi connectivity index (χ4n) is 1.58. The third kappa shape index (κ3) is 3.31. The highest BCUT2D eigenvalue weighted by atomic mass is 32.2. The summed E-state index contributed by atoms with van der Waals surface area (Å²) in [5.74, 6) is -0.871. The van der Waals surface area contributed by atoms with Crippen molar-refractivity contribution in [3.63, 3.8) is 0 Å². The molecule has 0 aliphatic carbocycles. The topological polar surface area (TPSA) is 66.5 Å². The number of carbonyl (C=O) groups is 3. The van der Waals surface area contributed by atoms with Gasteiger partial charge in [0.05, 0.1) is 5.75 Å². The highest BCUT2D eigenvalue weighted by molar-refractivity contribution is 8.14. The van der Waals surface area contributed by atoms with Crippen molar-refractivity contribution >= 4 is 28.8 Å². The van der Waals surface area contributed by atoms with Crippen LogP contribution in [0.15, 0.2) is 24.3 Å². The number of rotatable bonds is 4. The predicted molar refractivity (Wildman–Crippen MR) is 68.3 cm³/mol. The molecule has 1 aromatic rings. The van der Waals surface area contributed by atoms with Gasteiger partial charge in [-0.25, -0.2) is 4.39 Å². The second-order valence-electron chi connectivity index (χ2n) is 3.86. The van der Waals surface area contributed by atoms with Crippen LogP contribution in [0, 0.1) is 5.82 Å². The molecular weight excluding hydrogens is 271 g/mol. The van der Waals surface area contributed by atoms with Crippen LogP contribution in [-0.2, 0) is 4.79 Å². The van der Waals surface area contributed by atoms with Gasteiger partial charge in [0.1, 0.15) is 5.82 Å². The van der Waals surface area contributed by atoms with Gasteiger partial charge in [-0.2, -0.15) is 0 Å². The van der Waals surface area contributed by atoms with E-state index in [0.29, 0.717) is 5.56 Å². The van der Waals surface area contributed by atoms with E-state index in [4.69, 9.17) is 0 Å². The first-order valence-electron chi connectivity index (χ1n) is 5.59. The molecule has 0 unspecified atom stereocenters. The van der Waals surface area contributed by atoms with Crippen LogP contribution in [0.25, 0.3) is 0 Å². The Balaban J connectivity index is 1.82. The summed E-state index contributed by atoms with van der Waals surface area (Å²) in [4.78, 5) is 35.4. The lowest BCUT2D eigenvalue weighted by Crippen LogP contribution is -2.37. The minimum absolute atomic E-state index is 0.150. The van der Waals surface area contributed by atoms with E-state index in [1.54, 1.807) is 0 Å². The van der Waals surface area contributed by atoms with Gasteiger partial charge >= 0.3 is 0 Å². The molecule has 100 valence electrons. The van der Waals surface area contributed by atoms with Crippen molar-refractivity contribution in [2.24, 2.45) is 0 Å². The number of carbonyl (C=O) groups excluding carboxylic acids is 3. The predicted octanol–water partition coefficient (Wildman–Crippen LogP) is 1.25. The van der Waals surface area contributed by atoms with Crippen LogP contribution in [0.4, 0.5) is 9.18 Å². The van der Waals surface area contributed by atoms with Crippen LogP contribution in [-0.4, -0.2) is 40.8 Å². The van der Waals surface area contributed by atoms with Gasteiger partial charge in [0.25, 0.3) is 11.1 Å². The van der Waals surface area contributed by atoms with Crippen molar-refractivity contribution < 1.29 is 18.8 Å². The molecule has 0 radical (unpaired) electrons. The standard InChI is InChI=1S/C12H11FN2O3S/c13-9-3-1-8(2-4-9)11(17)14-5-6-15-10(16)7-19-12(15)18/h1-4H,5-7H2,(H,14,17). The Bertz CT molecular complexity index is 502. The Hall–Kier alpha value is -1.89. The quantitative estimate of drug-likeness (QED) is 0.902. The summed E-state index contributed by atoms with van der Waals surface area (Å²) < 4.78 is 12.7. The molecule has 0 spiro atoms. The first kappa shape index (κ1) is 13.5. The van der Waals surface area contributed by atoms with E-state index in [0.717, 1.165) is 16.7 Å². The lowest BCUT2D eigenvalue weighted by Gasteiger charge is -2.13. The number of nitrogens with zero attached hydrogens (tertiary/aromatic N) is 1. The third-order valence-corrected chi connectivity index (χ3v) is 3.43. The van der Waals surface area contributed by atoms with Gasteiger partial charge in [-0.15, -0.1) is 0 Å². The zero-order valence-electron chi connectivity index (χ0n) is 9.89. The molecule has 2 rings (SSSR count). The highest BCUT2D eigenvalue weighted by Gasteiger charge is 2.29. The Labute approximate surface area is 113 Å². The second kappa shape index (κ2) is 5.83. The molecule has 1 aromatic carbocycles. The molecule has 1 fully saturated rings. The van der Waals surface area contributed by atoms with Crippen molar-refractivity contribution in [3.8, 4) is 0 Å². The molecule has 1 heterocycles. The second-order valence-corrected chi connectivity index (χ2v) is 4.79. The average Bonchev–Trinajstić information content (AvgIpc) is 2.71. The molecule has 5 nitrogen and oxygen atoms in total. The maximum Gasteiger partial charge on any atom is 0.288 e. The Morgan fingerprint density at radius 3 is 2.58 bits per heavy atom. The van der Waals surface area contributed by atoms with Crippen LogP contribution in [0.2, 0.25) is 0 Å². The Morgan fingerprint density at radius 2 is 2.00 bits per heavy atom. The van der Waals surface area contributed by atoms with Gasteiger partial charge in [-0.05, 0) is 24.3 Å². The van der Waals surface area contributed by atoms with E-state index < -0.39 is 5.82 Å². The maximum atomic E-state index is 12.7. The number of hydrogen-bond donors (Lipinski definition) is 1. The molecule has 0 aromatic heterocycles. The van der Waals surface area contributed by atoms with E-state index in [1.807, 2.05) is 0 Å². The van der Waals surface area contributed by atoms with E-state index in [9.17, 15) is 18.8 Å². The van der Waals surface area contributed by atoms with Crippen LogP contribution in [0.1, 0.15) is 10.4 Å². The molecule has 1 aliphatic rings. The largest absolute Gasteiger partial charge is 0.350 e. The van der Waals surface area contributed by atoms with Crippen molar-refractivity contribution in [2.45, 2.75) is 0 Å². The average molecular weight is 282 g/mol. The van der Waals surface area contributed by atoms with Crippen molar-refractivity contribution in [1.29, 1.82) is 0 Å². The summed E-state index contributed by atoms with van der Waals surface area (Å²) >= 11 is 0.953. The summed E-state index contributed by atoms with van der Waals surface area (Å²) in [6, 6.07) is 5.12. The highest BCUT2D eigenvalue weighted by Crippen LogP contribution is 2.17. The molecule has 0 bridgehead atoms. The van der Waals surface area contributed by atoms with Gasteiger partial charge < -0.3 is 5.32 Å². The number of hydrogen-bond acceptors (Lipinski definition) is 4. The number of thioether (sulfide) groups is 1. The van der Waals surface area contributed by atoms with E-state index in [1.165, 1.54) is 24.3 Å². The van der Waals surface area contributed by atoms with Gasteiger partial charge in [-0.1, -0.05) is 11.8 Å². The number of amides is 3. The number of benzene rings is 1. The smallest absolute Gasteiger partial charge is 0.288 e. The van der Waals surface area contributed by atoms with Crippen molar-refractivity contribution in [1.82, 2.24) is 10.2 Å². The van der Waals surface area contributed by atoms with E-state index in [2.05, 4.69) is 5.32 Å². The number of nitrogens with one attached hydrogen (secondary N) is 1. The van der Waals surface area contributed by atoms with Gasteiger partial charge in [0, 0.05) is 18.7 Å². The monoisotopic (exact) mass is 282 g/mol. The Kier molecular flexibility index (Phi) is 4.16. The molecule has 1 N–H and O–H groups in total. The van der Waals surface area contributed by atoms with Crippen molar-refractivity contribution in [2.75, 3.05) is 18.8 Å². The first-order chi connectivity index (χ1) is 9.08. The minimum Gasteiger partial charge on any atom is -0.350 e. The first-order valence-corrected chi connectivity index (χ1v) is 6.57. The van der Waals surface area contributed by atoms with Crippen molar-refractivity contribution in [3.05, 3.63) is 35.6 Å². The van der Waals surface area contributed by atoms with Crippen LogP contribution in [0.5, 0.6) is 0 Å². The van der Waals surface area contributed by atoms with E-state index in [-0.39, 0.29) is 35.9 Å².